The third kappa shape index (κ3) is 6.16. The van der Waals surface area contributed by atoms with Gasteiger partial charge < -0.3 is 15.0 Å². The Kier molecular flexibility index (Phi) is 7.44. The first-order valence-corrected chi connectivity index (χ1v) is 9.25. The second-order valence-corrected chi connectivity index (χ2v) is 7.01. The van der Waals surface area contributed by atoms with E-state index in [1.54, 1.807) is 0 Å². The largest absolute Gasteiger partial charge is 0.465 e. The Hall–Kier alpha value is -1.88. The zero-order valence-corrected chi connectivity index (χ0v) is 15.6. The molecular weight excluding hydrogens is 316 g/mol. The van der Waals surface area contributed by atoms with E-state index in [2.05, 4.69) is 48.3 Å². The fourth-order valence-electron chi connectivity index (χ4n) is 3.06. The van der Waals surface area contributed by atoms with E-state index in [-0.39, 0.29) is 12.0 Å². The van der Waals surface area contributed by atoms with Crippen molar-refractivity contribution in [2.24, 2.45) is 5.92 Å². The van der Waals surface area contributed by atoms with Crippen molar-refractivity contribution in [3.05, 3.63) is 29.8 Å². The van der Waals surface area contributed by atoms with E-state index >= 15 is 0 Å². The second-order valence-electron chi connectivity index (χ2n) is 7.01. The number of benzene rings is 1. The van der Waals surface area contributed by atoms with Gasteiger partial charge in [-0.3, -0.25) is 9.59 Å². The number of esters is 1. The first-order valence-electron chi connectivity index (χ1n) is 9.25. The predicted octanol–water partition coefficient (Wildman–Crippen LogP) is 2.92. The Bertz CT molecular complexity index is 559. The van der Waals surface area contributed by atoms with E-state index in [1.165, 1.54) is 0 Å². The topological polar surface area (TPSA) is 58.6 Å². The van der Waals surface area contributed by atoms with Gasteiger partial charge in [0.25, 0.3) is 0 Å². The Balaban J connectivity index is 1.90. The molecule has 1 aromatic rings. The molecule has 0 aliphatic carbocycles. The second kappa shape index (κ2) is 9.56. The van der Waals surface area contributed by atoms with Gasteiger partial charge in [-0.15, -0.1) is 0 Å². The molecule has 1 aromatic carbocycles. The maximum atomic E-state index is 12.1. The van der Waals surface area contributed by atoms with Crippen LogP contribution < -0.4 is 10.2 Å². The normalized spacial score (nSPS) is 16.2. The highest BCUT2D eigenvalue weighted by Crippen LogP contribution is 2.19. The molecule has 0 amide bonds. The van der Waals surface area contributed by atoms with Crippen LogP contribution in [-0.4, -0.2) is 37.5 Å². The van der Waals surface area contributed by atoms with E-state index in [0.717, 1.165) is 30.8 Å². The van der Waals surface area contributed by atoms with Gasteiger partial charge in [0, 0.05) is 38.2 Å². The standard InChI is InChI=1S/C20H30N2O3/c1-4-25-20(24)19(13-15(2)3)21-14-16-5-7-17(8-6-16)22-11-9-18(23)10-12-22/h5-8,15,19,21H,4,9-14H2,1-3H3/t19-/m0/s1. The molecule has 5 heteroatoms. The summed E-state index contributed by atoms with van der Waals surface area (Å²) < 4.78 is 5.16. The number of ketones is 1. The zero-order valence-electron chi connectivity index (χ0n) is 15.6. The van der Waals surface area contributed by atoms with Crippen LogP contribution >= 0.6 is 0 Å². The lowest BCUT2D eigenvalue weighted by Gasteiger charge is -2.28. The van der Waals surface area contributed by atoms with Gasteiger partial charge in [0.15, 0.2) is 0 Å². The maximum Gasteiger partial charge on any atom is 0.323 e. The summed E-state index contributed by atoms with van der Waals surface area (Å²) >= 11 is 0. The fraction of sp³-hybridized carbons (Fsp3) is 0.600. The van der Waals surface area contributed by atoms with Crippen LogP contribution in [0.1, 0.15) is 45.6 Å². The molecule has 0 saturated carbocycles. The van der Waals surface area contributed by atoms with E-state index in [0.29, 0.717) is 37.7 Å². The molecule has 0 aromatic heterocycles. The summed E-state index contributed by atoms with van der Waals surface area (Å²) in [7, 11) is 0. The van der Waals surface area contributed by atoms with Crippen molar-refractivity contribution < 1.29 is 14.3 Å². The quantitative estimate of drug-likeness (QED) is 0.734. The number of hydrogen-bond acceptors (Lipinski definition) is 5. The number of carbonyl (C=O) groups excluding carboxylic acids is 2. The molecule has 0 bridgehead atoms. The molecule has 0 unspecified atom stereocenters. The highest BCUT2D eigenvalue weighted by molar-refractivity contribution is 5.81. The third-order valence-electron chi connectivity index (χ3n) is 4.45. The number of rotatable bonds is 8. The average Bonchev–Trinajstić information content (AvgIpc) is 2.59. The molecule has 138 valence electrons. The lowest BCUT2D eigenvalue weighted by atomic mass is 10.0. The molecule has 1 atom stereocenters. The van der Waals surface area contributed by atoms with Crippen LogP contribution in [0.2, 0.25) is 0 Å². The first-order chi connectivity index (χ1) is 12.0. The molecular formula is C20H30N2O3. The van der Waals surface area contributed by atoms with Crippen molar-refractivity contribution in [3.63, 3.8) is 0 Å². The number of ether oxygens (including phenoxy) is 1. The highest BCUT2D eigenvalue weighted by Gasteiger charge is 2.20. The molecule has 0 radical (unpaired) electrons. The first kappa shape index (κ1) is 19.4. The van der Waals surface area contributed by atoms with E-state index in [9.17, 15) is 9.59 Å². The van der Waals surface area contributed by atoms with Gasteiger partial charge in [0.05, 0.1) is 6.61 Å². The van der Waals surface area contributed by atoms with Gasteiger partial charge in [-0.2, -0.15) is 0 Å². The number of nitrogens with zero attached hydrogens (tertiary/aromatic N) is 1. The van der Waals surface area contributed by atoms with Crippen LogP contribution in [0, 0.1) is 5.92 Å². The van der Waals surface area contributed by atoms with Crippen LogP contribution in [0.25, 0.3) is 0 Å². The highest BCUT2D eigenvalue weighted by atomic mass is 16.5. The molecule has 2 rings (SSSR count). The van der Waals surface area contributed by atoms with Gasteiger partial charge in [-0.05, 0) is 37.0 Å². The van der Waals surface area contributed by atoms with Crippen LogP contribution in [0.3, 0.4) is 0 Å². The van der Waals surface area contributed by atoms with E-state index < -0.39 is 0 Å². The fourth-order valence-corrected chi connectivity index (χ4v) is 3.06. The molecule has 1 N–H and O–H groups in total. The van der Waals surface area contributed by atoms with Crippen LogP contribution in [0.4, 0.5) is 5.69 Å². The summed E-state index contributed by atoms with van der Waals surface area (Å²) in [5, 5.41) is 3.32. The van der Waals surface area contributed by atoms with Crippen LogP contribution in [0.5, 0.6) is 0 Å². The van der Waals surface area contributed by atoms with Crippen molar-refractivity contribution >= 4 is 17.4 Å². The van der Waals surface area contributed by atoms with Gasteiger partial charge >= 0.3 is 5.97 Å². The minimum Gasteiger partial charge on any atom is -0.465 e. The average molecular weight is 346 g/mol. The minimum absolute atomic E-state index is 0.175. The predicted molar refractivity (Wildman–Crippen MR) is 99.6 cm³/mol. The summed E-state index contributed by atoms with van der Waals surface area (Å²) in [5.41, 5.74) is 2.29. The number of carbonyl (C=O) groups is 2. The van der Waals surface area contributed by atoms with Crippen molar-refractivity contribution in [2.75, 3.05) is 24.6 Å². The van der Waals surface area contributed by atoms with Gasteiger partial charge in [0.2, 0.25) is 0 Å². The van der Waals surface area contributed by atoms with Crippen molar-refractivity contribution in [3.8, 4) is 0 Å². The molecule has 1 saturated heterocycles. The van der Waals surface area contributed by atoms with E-state index in [4.69, 9.17) is 4.74 Å². The summed E-state index contributed by atoms with van der Waals surface area (Å²) in [4.78, 5) is 25.7. The van der Waals surface area contributed by atoms with E-state index in [1.807, 2.05) is 6.92 Å². The van der Waals surface area contributed by atoms with Crippen molar-refractivity contribution in [1.29, 1.82) is 0 Å². The summed E-state index contributed by atoms with van der Waals surface area (Å²) in [6, 6.07) is 8.07. The minimum atomic E-state index is -0.271. The zero-order chi connectivity index (χ0) is 18.2. The summed E-state index contributed by atoms with van der Waals surface area (Å²) in [5.74, 6) is 0.601. The molecule has 0 spiro atoms. The van der Waals surface area contributed by atoms with Crippen LogP contribution in [-0.2, 0) is 20.9 Å². The third-order valence-corrected chi connectivity index (χ3v) is 4.45. The van der Waals surface area contributed by atoms with Crippen molar-refractivity contribution in [2.45, 2.75) is 52.6 Å². The van der Waals surface area contributed by atoms with Gasteiger partial charge in [0.1, 0.15) is 11.8 Å². The molecule has 1 aliphatic rings. The lowest BCUT2D eigenvalue weighted by molar-refractivity contribution is -0.146. The molecule has 1 heterocycles. The number of hydrogen-bond donors (Lipinski definition) is 1. The molecule has 25 heavy (non-hydrogen) atoms. The van der Waals surface area contributed by atoms with Gasteiger partial charge in [-0.1, -0.05) is 26.0 Å². The number of anilines is 1. The van der Waals surface area contributed by atoms with Crippen molar-refractivity contribution in [1.82, 2.24) is 5.32 Å². The SMILES string of the molecule is CCOC(=O)[C@H](CC(C)C)NCc1ccc(N2CCC(=O)CC2)cc1. The van der Waals surface area contributed by atoms with Crippen LogP contribution in [0.15, 0.2) is 24.3 Å². The monoisotopic (exact) mass is 346 g/mol. The number of Topliss-reactive ketones (excluding diaryl/α,β-unsaturated/α-hetero) is 1. The Morgan fingerprint density at radius 2 is 1.84 bits per heavy atom. The Morgan fingerprint density at radius 3 is 2.40 bits per heavy atom. The molecule has 1 aliphatic heterocycles. The lowest BCUT2D eigenvalue weighted by Crippen LogP contribution is -2.38. The Labute approximate surface area is 150 Å². The summed E-state index contributed by atoms with van der Waals surface area (Å²) in [6.07, 6.45) is 2.04. The van der Waals surface area contributed by atoms with Gasteiger partial charge in [-0.25, -0.2) is 0 Å². The maximum absolute atomic E-state index is 12.1. The number of piperidine rings is 1. The molecule has 5 nitrogen and oxygen atoms in total. The molecule has 1 fully saturated rings. The smallest absolute Gasteiger partial charge is 0.323 e. The summed E-state index contributed by atoms with van der Waals surface area (Å²) in [6.45, 7) is 8.68. The Morgan fingerprint density at radius 1 is 1.20 bits per heavy atom. The number of nitrogens with one attached hydrogen (secondary N) is 1.